The molecular formula is C24H52O6Zr. The molecular weight excluding hydrogens is 475 g/mol. The standard InChI is InChI=1S/2C8H16O2.2C4H10O.Zr/c2*1-3-5-8(10)7(4-2)6-9;2*1-2-3-4-5;/h2*7,9H,3-6H2,1-2H3;2*5H,2-4H2,1H3;. The molecule has 0 aliphatic carbocycles. The van der Waals surface area contributed by atoms with Crippen molar-refractivity contribution in [2.75, 3.05) is 26.4 Å². The van der Waals surface area contributed by atoms with E-state index in [-0.39, 0.29) is 62.8 Å². The molecule has 0 aliphatic heterocycles. The molecule has 4 N–H and O–H groups in total. The van der Waals surface area contributed by atoms with E-state index in [4.69, 9.17) is 20.4 Å². The summed E-state index contributed by atoms with van der Waals surface area (Å²) < 4.78 is 0. The SMILES string of the molecule is CCCC(=O)C(CC)CO.CCCC(=O)C(CC)CO.CCCCO.CCCCO.[Zr]. The van der Waals surface area contributed by atoms with Crippen LogP contribution in [0.5, 0.6) is 0 Å². The molecule has 0 aromatic carbocycles. The van der Waals surface area contributed by atoms with E-state index in [0.29, 0.717) is 26.1 Å². The number of hydrogen-bond donors (Lipinski definition) is 4. The number of carbonyl (C=O) groups is 2. The van der Waals surface area contributed by atoms with Crippen molar-refractivity contribution >= 4 is 11.6 Å². The fourth-order valence-electron chi connectivity index (χ4n) is 2.13. The fourth-order valence-corrected chi connectivity index (χ4v) is 2.13. The predicted octanol–water partition coefficient (Wildman–Crippen LogP) is 4.30. The second kappa shape index (κ2) is 37.4. The zero-order valence-electron chi connectivity index (χ0n) is 21.2. The molecule has 0 radical (unpaired) electrons. The number of Topliss-reactive ketones (excluding diaryl/α,β-unsaturated/α-hetero) is 2. The van der Waals surface area contributed by atoms with Crippen molar-refractivity contribution in [3.8, 4) is 0 Å². The molecule has 0 fully saturated rings. The first-order chi connectivity index (χ1) is 14.3. The molecule has 2 atom stereocenters. The number of unbranched alkanes of at least 4 members (excludes halogenated alkanes) is 2. The Hall–Kier alpha value is 0.0631. The molecule has 2 unspecified atom stereocenters. The summed E-state index contributed by atoms with van der Waals surface area (Å²) in [6.07, 6.45) is 8.58. The molecule has 6 nitrogen and oxygen atoms in total. The van der Waals surface area contributed by atoms with Gasteiger partial charge in [-0.15, -0.1) is 0 Å². The smallest absolute Gasteiger partial charge is 0.138 e. The Morgan fingerprint density at radius 3 is 0.968 bits per heavy atom. The molecule has 7 heteroatoms. The summed E-state index contributed by atoms with van der Waals surface area (Å²) in [6, 6.07) is 0. The minimum atomic E-state index is -0.111. The van der Waals surface area contributed by atoms with Gasteiger partial charge in [-0.25, -0.2) is 0 Å². The number of hydrogen-bond acceptors (Lipinski definition) is 6. The summed E-state index contributed by atoms with van der Waals surface area (Å²) in [4.78, 5) is 22.1. The quantitative estimate of drug-likeness (QED) is 0.268. The van der Waals surface area contributed by atoms with Gasteiger partial charge in [0.1, 0.15) is 11.6 Å². The van der Waals surface area contributed by atoms with Crippen LogP contribution in [0.2, 0.25) is 0 Å². The summed E-state index contributed by atoms with van der Waals surface area (Å²) in [6.45, 7) is 12.6. The maximum atomic E-state index is 11.0. The van der Waals surface area contributed by atoms with Gasteiger partial charge in [-0.05, 0) is 38.5 Å². The Morgan fingerprint density at radius 1 is 0.581 bits per heavy atom. The normalized spacial score (nSPS) is 11.2. The van der Waals surface area contributed by atoms with Gasteiger partial charge in [0.25, 0.3) is 0 Å². The first-order valence-corrected chi connectivity index (χ1v) is 11.8. The number of aliphatic hydroxyl groups is 4. The third-order valence-electron chi connectivity index (χ3n) is 4.35. The average Bonchev–Trinajstić information content (AvgIpc) is 2.73. The van der Waals surface area contributed by atoms with Gasteiger partial charge in [0.2, 0.25) is 0 Å². The molecule has 0 amide bonds. The van der Waals surface area contributed by atoms with Crippen LogP contribution >= 0.6 is 0 Å². The molecule has 0 aromatic heterocycles. The van der Waals surface area contributed by atoms with Crippen molar-refractivity contribution in [1.82, 2.24) is 0 Å². The number of ketones is 2. The Bertz CT molecular complexity index is 296. The van der Waals surface area contributed by atoms with Crippen LogP contribution in [0.4, 0.5) is 0 Å². The molecule has 0 aromatic rings. The van der Waals surface area contributed by atoms with E-state index in [2.05, 4.69) is 13.8 Å². The number of rotatable bonds is 14. The molecule has 0 rings (SSSR count). The van der Waals surface area contributed by atoms with Crippen LogP contribution in [0, 0.1) is 11.8 Å². The summed E-state index contributed by atoms with van der Waals surface area (Å²) in [7, 11) is 0. The Kier molecular flexibility index (Phi) is 49.8. The Morgan fingerprint density at radius 2 is 0.871 bits per heavy atom. The largest absolute Gasteiger partial charge is 0.396 e. The van der Waals surface area contributed by atoms with Crippen molar-refractivity contribution in [3.63, 3.8) is 0 Å². The summed E-state index contributed by atoms with van der Waals surface area (Å²) in [5.41, 5.74) is 0. The summed E-state index contributed by atoms with van der Waals surface area (Å²) in [5.74, 6) is 0.180. The first-order valence-electron chi connectivity index (χ1n) is 11.8. The zero-order chi connectivity index (χ0) is 24.2. The average molecular weight is 528 g/mol. The fraction of sp³-hybridized carbons (Fsp3) is 0.917. The molecule has 0 aliphatic rings. The van der Waals surface area contributed by atoms with E-state index in [1.54, 1.807) is 0 Å². The minimum absolute atomic E-state index is 0. The van der Waals surface area contributed by atoms with E-state index in [0.717, 1.165) is 51.4 Å². The molecule has 31 heavy (non-hydrogen) atoms. The van der Waals surface area contributed by atoms with Crippen LogP contribution in [0.25, 0.3) is 0 Å². The van der Waals surface area contributed by atoms with E-state index in [1.807, 2.05) is 27.7 Å². The van der Waals surface area contributed by atoms with Crippen molar-refractivity contribution in [3.05, 3.63) is 0 Å². The van der Waals surface area contributed by atoms with E-state index >= 15 is 0 Å². The third kappa shape index (κ3) is 34.9. The third-order valence-corrected chi connectivity index (χ3v) is 4.35. The summed E-state index contributed by atoms with van der Waals surface area (Å²) >= 11 is 0. The second-order valence-electron chi connectivity index (χ2n) is 7.16. The first kappa shape index (κ1) is 41.3. The van der Waals surface area contributed by atoms with Gasteiger partial charge >= 0.3 is 0 Å². The molecule has 0 spiro atoms. The molecule has 0 bridgehead atoms. The molecule has 188 valence electrons. The van der Waals surface area contributed by atoms with Gasteiger partial charge in [0, 0.05) is 64.1 Å². The van der Waals surface area contributed by atoms with Crippen LogP contribution in [0.1, 0.15) is 106 Å². The van der Waals surface area contributed by atoms with Gasteiger partial charge in [-0.2, -0.15) is 0 Å². The topological polar surface area (TPSA) is 115 Å². The van der Waals surface area contributed by atoms with Gasteiger partial charge in [0.15, 0.2) is 0 Å². The molecule has 0 heterocycles. The van der Waals surface area contributed by atoms with Gasteiger partial charge in [-0.3, -0.25) is 9.59 Å². The molecule has 0 saturated heterocycles. The van der Waals surface area contributed by atoms with Crippen molar-refractivity contribution in [1.29, 1.82) is 0 Å². The van der Waals surface area contributed by atoms with E-state index in [9.17, 15) is 9.59 Å². The maximum Gasteiger partial charge on any atom is 0.138 e. The monoisotopic (exact) mass is 526 g/mol. The molecule has 0 saturated carbocycles. The van der Waals surface area contributed by atoms with Crippen LogP contribution in [-0.2, 0) is 35.8 Å². The zero-order valence-corrected chi connectivity index (χ0v) is 23.6. The van der Waals surface area contributed by atoms with Gasteiger partial charge in [0.05, 0.1) is 13.2 Å². The number of aliphatic hydroxyl groups excluding tert-OH is 4. The number of carbonyl (C=O) groups excluding carboxylic acids is 2. The van der Waals surface area contributed by atoms with Gasteiger partial charge < -0.3 is 20.4 Å². The predicted molar refractivity (Wildman–Crippen MR) is 126 cm³/mol. The van der Waals surface area contributed by atoms with Crippen LogP contribution in [0.3, 0.4) is 0 Å². The Labute approximate surface area is 211 Å². The maximum absolute atomic E-state index is 11.0. The second-order valence-corrected chi connectivity index (χ2v) is 7.16. The van der Waals surface area contributed by atoms with Crippen LogP contribution in [0.15, 0.2) is 0 Å². The van der Waals surface area contributed by atoms with Crippen molar-refractivity contribution in [2.24, 2.45) is 11.8 Å². The van der Waals surface area contributed by atoms with Crippen LogP contribution in [-0.4, -0.2) is 58.4 Å². The van der Waals surface area contributed by atoms with E-state index < -0.39 is 0 Å². The van der Waals surface area contributed by atoms with Gasteiger partial charge in [-0.1, -0.05) is 54.4 Å². The van der Waals surface area contributed by atoms with Crippen LogP contribution < -0.4 is 0 Å². The van der Waals surface area contributed by atoms with Crippen molar-refractivity contribution < 1.29 is 56.2 Å². The van der Waals surface area contributed by atoms with Crippen molar-refractivity contribution in [2.45, 2.75) is 106 Å². The minimum Gasteiger partial charge on any atom is -0.396 e. The Balaban J connectivity index is -0.000000101. The van der Waals surface area contributed by atoms with E-state index in [1.165, 1.54) is 0 Å². The summed E-state index contributed by atoms with van der Waals surface area (Å²) in [5, 5.41) is 33.5.